The van der Waals surface area contributed by atoms with Gasteiger partial charge in [0.15, 0.2) is 0 Å². The van der Waals surface area contributed by atoms with Crippen LogP contribution in [0.3, 0.4) is 0 Å². The molecule has 0 spiro atoms. The summed E-state index contributed by atoms with van der Waals surface area (Å²) in [5, 5.41) is 1.22. The number of hydrogen-bond acceptors (Lipinski definition) is 2. The van der Waals surface area contributed by atoms with E-state index < -0.39 is 0 Å². The van der Waals surface area contributed by atoms with Crippen LogP contribution in [0.25, 0.3) is 10.9 Å². The highest BCUT2D eigenvalue weighted by atomic mass is 14.7. The first-order chi connectivity index (χ1) is 9.65. The normalized spacial score (nSPS) is 28.4. The zero-order valence-electron chi connectivity index (χ0n) is 12.4. The van der Waals surface area contributed by atoms with Crippen molar-refractivity contribution in [3.05, 3.63) is 42.1 Å². The molecule has 3 atom stereocenters. The fourth-order valence-corrected chi connectivity index (χ4v) is 3.97. The van der Waals surface area contributed by atoms with Crippen molar-refractivity contribution in [1.29, 1.82) is 0 Å². The number of nitrogens with two attached hydrogens (primary N) is 1. The Morgan fingerprint density at radius 3 is 2.55 bits per heavy atom. The Labute approximate surface area is 121 Å². The van der Waals surface area contributed by atoms with E-state index in [4.69, 9.17) is 5.73 Å². The van der Waals surface area contributed by atoms with E-state index in [1.807, 2.05) is 12.3 Å². The molecule has 1 aliphatic rings. The second kappa shape index (κ2) is 5.53. The van der Waals surface area contributed by atoms with Crippen molar-refractivity contribution in [3.63, 3.8) is 0 Å². The van der Waals surface area contributed by atoms with E-state index in [0.717, 1.165) is 17.4 Å². The maximum atomic E-state index is 6.63. The number of benzene rings is 1. The summed E-state index contributed by atoms with van der Waals surface area (Å²) >= 11 is 0. The Kier molecular flexibility index (Phi) is 3.75. The summed E-state index contributed by atoms with van der Waals surface area (Å²) in [6.45, 7) is 4.72. The van der Waals surface area contributed by atoms with E-state index in [-0.39, 0.29) is 6.04 Å². The third-order valence-corrected chi connectivity index (χ3v) is 4.76. The molecule has 1 aliphatic carbocycles. The predicted molar refractivity (Wildman–Crippen MR) is 84.3 cm³/mol. The highest BCUT2D eigenvalue weighted by molar-refractivity contribution is 5.82. The van der Waals surface area contributed by atoms with Gasteiger partial charge < -0.3 is 5.73 Å². The number of pyridine rings is 1. The van der Waals surface area contributed by atoms with Gasteiger partial charge in [0.05, 0.1) is 5.52 Å². The molecule has 2 aromatic rings. The number of rotatable bonds is 2. The monoisotopic (exact) mass is 268 g/mol. The van der Waals surface area contributed by atoms with Crippen LogP contribution in [0.15, 0.2) is 36.5 Å². The lowest BCUT2D eigenvalue weighted by Gasteiger charge is -2.35. The molecule has 0 amide bonds. The van der Waals surface area contributed by atoms with E-state index in [1.54, 1.807) is 0 Å². The summed E-state index contributed by atoms with van der Waals surface area (Å²) in [6, 6.07) is 10.6. The first-order valence-electron chi connectivity index (χ1n) is 7.74. The Morgan fingerprint density at radius 1 is 1.05 bits per heavy atom. The molecule has 2 N–H and O–H groups in total. The van der Waals surface area contributed by atoms with Crippen molar-refractivity contribution in [3.8, 4) is 0 Å². The minimum atomic E-state index is 0.132. The molecule has 1 aromatic carbocycles. The summed E-state index contributed by atoms with van der Waals surface area (Å²) in [5.74, 6) is 2.19. The summed E-state index contributed by atoms with van der Waals surface area (Å²) in [7, 11) is 0. The van der Waals surface area contributed by atoms with Crippen LogP contribution in [0.1, 0.15) is 44.7 Å². The van der Waals surface area contributed by atoms with Gasteiger partial charge in [-0.15, -0.1) is 0 Å². The molecular formula is C18H24N2. The van der Waals surface area contributed by atoms with Crippen molar-refractivity contribution in [1.82, 2.24) is 4.98 Å². The fraction of sp³-hybridized carbons (Fsp3) is 0.500. The lowest BCUT2D eigenvalue weighted by molar-refractivity contribution is 0.194. The van der Waals surface area contributed by atoms with Gasteiger partial charge in [0, 0.05) is 17.6 Å². The van der Waals surface area contributed by atoms with Gasteiger partial charge in [-0.3, -0.25) is 4.98 Å². The van der Waals surface area contributed by atoms with Gasteiger partial charge in [0.2, 0.25) is 0 Å². The molecule has 3 unspecified atom stereocenters. The van der Waals surface area contributed by atoms with E-state index in [9.17, 15) is 0 Å². The lowest BCUT2D eigenvalue weighted by Crippen LogP contribution is -2.29. The highest BCUT2D eigenvalue weighted by Gasteiger charge is 2.29. The Bertz CT molecular complexity index is 577. The molecule has 2 heteroatoms. The average molecular weight is 268 g/mol. The zero-order chi connectivity index (χ0) is 14.1. The van der Waals surface area contributed by atoms with Crippen molar-refractivity contribution < 1.29 is 0 Å². The molecule has 0 saturated heterocycles. The molecule has 0 aliphatic heterocycles. The summed E-state index contributed by atoms with van der Waals surface area (Å²) in [4.78, 5) is 4.44. The lowest BCUT2D eigenvalue weighted by atomic mass is 9.72. The third-order valence-electron chi connectivity index (χ3n) is 4.76. The Hall–Kier alpha value is -1.41. The molecule has 0 radical (unpaired) electrons. The quantitative estimate of drug-likeness (QED) is 0.881. The largest absolute Gasteiger partial charge is 0.324 e. The SMILES string of the molecule is CC1CC(C)CC(C(N)c2cccc3ncccc23)C1. The van der Waals surface area contributed by atoms with E-state index in [1.165, 1.54) is 30.2 Å². The molecule has 1 aromatic heterocycles. The maximum Gasteiger partial charge on any atom is 0.0705 e. The Morgan fingerprint density at radius 2 is 1.80 bits per heavy atom. The van der Waals surface area contributed by atoms with Crippen LogP contribution >= 0.6 is 0 Å². The smallest absolute Gasteiger partial charge is 0.0705 e. The van der Waals surface area contributed by atoms with E-state index >= 15 is 0 Å². The van der Waals surface area contributed by atoms with Gasteiger partial charge in [-0.2, -0.15) is 0 Å². The van der Waals surface area contributed by atoms with Crippen molar-refractivity contribution >= 4 is 10.9 Å². The molecule has 1 saturated carbocycles. The first-order valence-corrected chi connectivity index (χ1v) is 7.74. The fourth-order valence-electron chi connectivity index (χ4n) is 3.97. The molecule has 2 nitrogen and oxygen atoms in total. The van der Waals surface area contributed by atoms with Crippen LogP contribution in [0.2, 0.25) is 0 Å². The number of nitrogens with zero attached hydrogens (tertiary/aromatic N) is 1. The summed E-state index contributed by atoms with van der Waals surface area (Å²) in [5.41, 5.74) is 8.95. The molecule has 1 fully saturated rings. The topological polar surface area (TPSA) is 38.9 Å². The van der Waals surface area contributed by atoms with Crippen LogP contribution in [-0.4, -0.2) is 4.98 Å². The third kappa shape index (κ3) is 2.57. The first kappa shape index (κ1) is 13.6. The van der Waals surface area contributed by atoms with Gasteiger partial charge in [-0.1, -0.05) is 32.0 Å². The minimum Gasteiger partial charge on any atom is -0.324 e. The van der Waals surface area contributed by atoms with Crippen LogP contribution < -0.4 is 5.73 Å². The summed E-state index contributed by atoms with van der Waals surface area (Å²) < 4.78 is 0. The summed E-state index contributed by atoms with van der Waals surface area (Å²) in [6.07, 6.45) is 5.70. The van der Waals surface area contributed by atoms with E-state index in [0.29, 0.717) is 5.92 Å². The van der Waals surface area contributed by atoms with E-state index in [2.05, 4.69) is 43.1 Å². The molecule has 106 valence electrons. The molecular weight excluding hydrogens is 244 g/mol. The van der Waals surface area contributed by atoms with Gasteiger partial charge in [0.25, 0.3) is 0 Å². The van der Waals surface area contributed by atoms with Crippen molar-refractivity contribution in [2.45, 2.75) is 39.2 Å². The van der Waals surface area contributed by atoms with Crippen LogP contribution in [-0.2, 0) is 0 Å². The number of hydrogen-bond donors (Lipinski definition) is 1. The van der Waals surface area contributed by atoms with Crippen LogP contribution in [0.5, 0.6) is 0 Å². The second-order valence-corrected chi connectivity index (χ2v) is 6.62. The zero-order valence-corrected chi connectivity index (χ0v) is 12.4. The van der Waals surface area contributed by atoms with Crippen LogP contribution in [0.4, 0.5) is 0 Å². The molecule has 0 bridgehead atoms. The predicted octanol–water partition coefficient (Wildman–Crippen LogP) is 4.31. The molecule has 20 heavy (non-hydrogen) atoms. The molecule has 3 rings (SSSR count). The minimum absolute atomic E-state index is 0.132. The maximum absolute atomic E-state index is 6.63. The number of fused-ring (bicyclic) bond motifs is 1. The van der Waals surface area contributed by atoms with Gasteiger partial charge in [-0.25, -0.2) is 0 Å². The second-order valence-electron chi connectivity index (χ2n) is 6.62. The van der Waals surface area contributed by atoms with Gasteiger partial charge in [0.1, 0.15) is 0 Å². The van der Waals surface area contributed by atoms with Gasteiger partial charge in [-0.05, 0) is 54.7 Å². The standard InChI is InChI=1S/C18H24N2/c1-12-9-13(2)11-14(10-12)18(19)16-5-3-7-17-15(16)6-4-8-20-17/h3-8,12-14,18H,9-11,19H2,1-2H3. The highest BCUT2D eigenvalue weighted by Crippen LogP contribution is 2.40. The van der Waals surface area contributed by atoms with Crippen molar-refractivity contribution in [2.24, 2.45) is 23.5 Å². The van der Waals surface area contributed by atoms with Crippen molar-refractivity contribution in [2.75, 3.05) is 0 Å². The Balaban J connectivity index is 1.94. The van der Waals surface area contributed by atoms with Crippen LogP contribution in [0, 0.1) is 17.8 Å². The molecule has 1 heterocycles. The number of aromatic nitrogens is 1. The van der Waals surface area contributed by atoms with Gasteiger partial charge >= 0.3 is 0 Å². The average Bonchev–Trinajstić information content (AvgIpc) is 2.45.